The van der Waals surface area contributed by atoms with Crippen LogP contribution in [0.1, 0.15) is 50.2 Å². The zero-order chi connectivity index (χ0) is 22.1. The van der Waals surface area contributed by atoms with Crippen LogP contribution >= 0.6 is 0 Å². The maximum Gasteiger partial charge on any atom is 0.356 e. The summed E-state index contributed by atoms with van der Waals surface area (Å²) in [7, 11) is 0. The van der Waals surface area contributed by atoms with Gasteiger partial charge in [0, 0.05) is 24.9 Å². The topological polar surface area (TPSA) is 129 Å². The minimum Gasteiger partial charge on any atom is -0.324 e. The highest BCUT2D eigenvalue weighted by Crippen LogP contribution is 2.23. The molecular weight excluding hydrogens is 380 g/mol. The normalized spacial score (nSPS) is 12.3. The Labute approximate surface area is 165 Å². The molecule has 1 aromatic heterocycles. The minimum atomic E-state index is -1.87. The average molecular weight is 402 g/mol. The smallest absolute Gasteiger partial charge is 0.324 e. The number of benzene rings is 1. The van der Waals surface area contributed by atoms with Gasteiger partial charge in [0.25, 0.3) is 5.91 Å². The van der Waals surface area contributed by atoms with Crippen LogP contribution in [0.5, 0.6) is 0 Å². The van der Waals surface area contributed by atoms with E-state index in [1.54, 1.807) is 30.3 Å². The van der Waals surface area contributed by atoms with Crippen LogP contribution in [0.3, 0.4) is 0 Å². The fourth-order valence-electron chi connectivity index (χ4n) is 2.72. The van der Waals surface area contributed by atoms with Crippen molar-refractivity contribution in [2.45, 2.75) is 40.7 Å². The molecule has 1 N–H and O–H groups in total. The van der Waals surface area contributed by atoms with Crippen molar-refractivity contribution in [1.82, 2.24) is 13.9 Å². The summed E-state index contributed by atoms with van der Waals surface area (Å²) in [4.78, 5) is 75.3. The van der Waals surface area contributed by atoms with Crippen molar-refractivity contribution in [3.8, 4) is 0 Å². The first-order chi connectivity index (χ1) is 13.4. The Kier molecular flexibility index (Phi) is 5.86. The molecule has 0 fully saturated rings. The lowest BCUT2D eigenvalue weighted by Crippen LogP contribution is -2.46. The highest BCUT2D eigenvalue weighted by molar-refractivity contribution is 6.10. The lowest BCUT2D eigenvalue weighted by atomic mass is 9.86. The van der Waals surface area contributed by atoms with Crippen molar-refractivity contribution in [3.05, 3.63) is 51.3 Å². The van der Waals surface area contributed by atoms with Gasteiger partial charge < -0.3 is 5.32 Å². The number of para-hydroxylation sites is 1. The third-order valence-corrected chi connectivity index (χ3v) is 4.11. The van der Waals surface area contributed by atoms with Crippen molar-refractivity contribution in [1.29, 1.82) is 0 Å². The molecule has 0 radical (unpaired) electrons. The van der Waals surface area contributed by atoms with E-state index in [0.717, 1.165) is 13.8 Å². The first-order valence-electron chi connectivity index (χ1n) is 8.76. The molecule has 0 aliphatic heterocycles. The fourth-order valence-corrected chi connectivity index (χ4v) is 2.72. The van der Waals surface area contributed by atoms with Crippen molar-refractivity contribution >= 4 is 29.2 Å². The maximum atomic E-state index is 13.0. The highest BCUT2D eigenvalue weighted by atomic mass is 16.2. The van der Waals surface area contributed by atoms with Gasteiger partial charge in [0.15, 0.2) is 11.8 Å². The summed E-state index contributed by atoms with van der Waals surface area (Å²) >= 11 is 0. The number of hydrogen-bond acceptors (Lipinski definition) is 6. The second kappa shape index (κ2) is 7.82. The Morgan fingerprint density at radius 3 is 1.69 bits per heavy atom. The van der Waals surface area contributed by atoms with Gasteiger partial charge in [-0.3, -0.25) is 19.2 Å². The van der Waals surface area contributed by atoms with Crippen molar-refractivity contribution in [3.63, 3.8) is 0 Å². The molecule has 10 nitrogen and oxygen atoms in total. The summed E-state index contributed by atoms with van der Waals surface area (Å²) in [6, 6.07) is 6.27. The lowest BCUT2D eigenvalue weighted by Gasteiger charge is -2.23. The first kappa shape index (κ1) is 21.7. The Balaban J connectivity index is 2.75. The predicted molar refractivity (Wildman–Crippen MR) is 104 cm³/mol. The first-order valence-corrected chi connectivity index (χ1v) is 8.76. The Hall–Kier alpha value is -3.56. The van der Waals surface area contributed by atoms with E-state index in [2.05, 4.69) is 5.32 Å². The summed E-state index contributed by atoms with van der Waals surface area (Å²) in [6.07, 6.45) is 0. The molecule has 0 spiro atoms. The van der Waals surface area contributed by atoms with E-state index in [1.165, 1.54) is 20.8 Å². The summed E-state index contributed by atoms with van der Waals surface area (Å²) in [5.74, 6) is -3.49. The molecule has 1 heterocycles. The molecule has 1 atom stereocenters. The number of carbonyl (C=O) groups is 4. The van der Waals surface area contributed by atoms with Crippen LogP contribution < -0.4 is 16.7 Å². The summed E-state index contributed by atoms with van der Waals surface area (Å²) < 4.78 is 0.960. The predicted octanol–water partition coefficient (Wildman–Crippen LogP) is 0.927. The number of carbonyl (C=O) groups excluding carboxylic acids is 4. The molecule has 0 bridgehead atoms. The molecule has 1 aromatic carbocycles. The van der Waals surface area contributed by atoms with Gasteiger partial charge in [-0.15, -0.1) is 0 Å². The van der Waals surface area contributed by atoms with E-state index >= 15 is 0 Å². The highest BCUT2D eigenvalue weighted by Gasteiger charge is 2.40. The summed E-state index contributed by atoms with van der Waals surface area (Å²) in [6.45, 7) is 6.53. The SMILES string of the molecule is CC(=O)n1c(=O)n(C(C(=O)Nc2ccccc2)C(=O)C(C)(C)C)c(=O)n1C(C)=O. The molecule has 10 heteroatoms. The van der Waals surface area contributed by atoms with Crippen LogP contribution in [0.15, 0.2) is 39.9 Å². The number of Topliss-reactive ketones (excluding diaryl/α,β-unsaturated/α-hetero) is 1. The number of ketones is 1. The molecule has 2 aromatic rings. The van der Waals surface area contributed by atoms with E-state index in [9.17, 15) is 28.8 Å². The lowest BCUT2D eigenvalue weighted by molar-refractivity contribution is -0.135. The number of aromatic nitrogens is 3. The fraction of sp³-hybridized carbons (Fsp3) is 0.368. The van der Waals surface area contributed by atoms with Gasteiger partial charge in [-0.25, -0.2) is 14.2 Å². The Morgan fingerprint density at radius 2 is 1.31 bits per heavy atom. The van der Waals surface area contributed by atoms with Gasteiger partial charge in [0.1, 0.15) is 0 Å². The number of nitrogens with zero attached hydrogens (tertiary/aromatic N) is 3. The van der Waals surface area contributed by atoms with Crippen LogP contribution in [0.25, 0.3) is 0 Å². The molecule has 2 rings (SSSR count). The maximum absolute atomic E-state index is 13.0. The van der Waals surface area contributed by atoms with E-state index in [1.807, 2.05) is 0 Å². The zero-order valence-corrected chi connectivity index (χ0v) is 16.8. The van der Waals surface area contributed by atoms with Crippen LogP contribution in [-0.2, 0) is 9.59 Å². The number of anilines is 1. The second-order valence-corrected chi connectivity index (χ2v) is 7.47. The number of hydrogen-bond donors (Lipinski definition) is 1. The van der Waals surface area contributed by atoms with Crippen LogP contribution in [0.4, 0.5) is 5.69 Å². The van der Waals surface area contributed by atoms with Crippen molar-refractivity contribution in [2.75, 3.05) is 5.32 Å². The van der Waals surface area contributed by atoms with Gasteiger partial charge in [-0.1, -0.05) is 39.0 Å². The van der Waals surface area contributed by atoms with Gasteiger partial charge in [0.2, 0.25) is 11.8 Å². The quantitative estimate of drug-likeness (QED) is 0.757. The van der Waals surface area contributed by atoms with Crippen LogP contribution in [0, 0.1) is 5.41 Å². The standard InChI is InChI=1S/C19H22N4O6/c1-11(24)22-17(28)21(18(29)23(22)12(2)25)14(15(26)19(3,4)5)16(27)20-13-9-7-6-8-10-13/h6-10,14H,1-5H3,(H,20,27). The molecule has 0 aliphatic carbocycles. The van der Waals surface area contributed by atoms with E-state index in [4.69, 9.17) is 0 Å². The van der Waals surface area contributed by atoms with Crippen LogP contribution in [-0.4, -0.2) is 37.4 Å². The molecule has 29 heavy (non-hydrogen) atoms. The van der Waals surface area contributed by atoms with Gasteiger partial charge in [-0.05, 0) is 12.1 Å². The summed E-state index contributed by atoms with van der Waals surface area (Å²) in [5.41, 5.74) is -3.26. The average Bonchev–Trinajstić information content (AvgIpc) is 2.87. The zero-order valence-electron chi connectivity index (χ0n) is 16.8. The third kappa shape index (κ3) is 4.15. The van der Waals surface area contributed by atoms with E-state index < -0.39 is 46.3 Å². The molecule has 0 saturated carbocycles. The van der Waals surface area contributed by atoms with E-state index in [0.29, 0.717) is 19.6 Å². The van der Waals surface area contributed by atoms with Crippen molar-refractivity contribution in [2.24, 2.45) is 5.41 Å². The van der Waals surface area contributed by atoms with Gasteiger partial charge in [-0.2, -0.15) is 9.36 Å². The van der Waals surface area contributed by atoms with Crippen LogP contribution in [0.2, 0.25) is 0 Å². The Bertz CT molecular complexity index is 1050. The molecule has 1 unspecified atom stereocenters. The molecule has 1 amide bonds. The van der Waals surface area contributed by atoms with Gasteiger partial charge in [0.05, 0.1) is 0 Å². The molecule has 154 valence electrons. The molecule has 0 aliphatic rings. The number of nitrogens with one attached hydrogen (secondary N) is 1. The van der Waals surface area contributed by atoms with Crippen molar-refractivity contribution < 1.29 is 19.2 Å². The van der Waals surface area contributed by atoms with Gasteiger partial charge >= 0.3 is 11.4 Å². The number of rotatable bonds is 4. The monoisotopic (exact) mass is 402 g/mol. The minimum absolute atomic E-state index is 0.309. The van der Waals surface area contributed by atoms with E-state index in [-0.39, 0.29) is 0 Å². The Morgan fingerprint density at radius 1 is 0.862 bits per heavy atom. The molecular formula is C19H22N4O6. The second-order valence-electron chi connectivity index (χ2n) is 7.47. The summed E-state index contributed by atoms with van der Waals surface area (Å²) in [5, 5.41) is 2.49. The third-order valence-electron chi connectivity index (χ3n) is 4.11. The number of amides is 1. The molecule has 0 saturated heterocycles. The largest absolute Gasteiger partial charge is 0.356 e.